The maximum Gasteiger partial charge on any atom is 0.134 e. The van der Waals surface area contributed by atoms with Gasteiger partial charge in [0.15, 0.2) is 0 Å². The van der Waals surface area contributed by atoms with Gasteiger partial charge in [0.25, 0.3) is 0 Å². The normalized spacial score (nSPS) is 12.2. The quantitative estimate of drug-likeness (QED) is 0.811. The maximum atomic E-state index is 5.90. The highest BCUT2D eigenvalue weighted by atomic mass is 79.9. The number of halogens is 1. The lowest BCUT2D eigenvalue weighted by atomic mass is 10.3. The fraction of sp³-hybridized carbons (Fsp3) is 0.333. The van der Waals surface area contributed by atoms with E-state index in [1.54, 1.807) is 18.4 Å². The average Bonchev–Trinajstić information content (AvgIpc) is 2.94. The summed E-state index contributed by atoms with van der Waals surface area (Å²) in [6.07, 6.45) is 0.0969. The van der Waals surface area contributed by atoms with Crippen molar-refractivity contribution in [3.05, 3.63) is 45.1 Å². The van der Waals surface area contributed by atoms with Gasteiger partial charge in [0.05, 0.1) is 11.6 Å². The molecule has 0 bridgehead atoms. The van der Waals surface area contributed by atoms with E-state index in [1.165, 1.54) is 4.88 Å². The van der Waals surface area contributed by atoms with E-state index in [1.807, 2.05) is 18.2 Å². The summed E-state index contributed by atoms with van der Waals surface area (Å²) in [4.78, 5) is 1.34. The van der Waals surface area contributed by atoms with E-state index in [-0.39, 0.29) is 6.10 Å². The molecular weight excluding hydrogens is 338 g/mol. The van der Waals surface area contributed by atoms with E-state index in [9.17, 15) is 0 Å². The third-order valence-corrected chi connectivity index (χ3v) is 4.27. The number of rotatable bonds is 7. The molecule has 3 nitrogen and oxygen atoms in total. The fourth-order valence-electron chi connectivity index (χ4n) is 1.77. The first-order valence-corrected chi connectivity index (χ1v) is 8.09. The van der Waals surface area contributed by atoms with Crippen LogP contribution in [0.15, 0.2) is 40.2 Å². The molecule has 0 aliphatic heterocycles. The van der Waals surface area contributed by atoms with Crippen molar-refractivity contribution in [3.63, 3.8) is 0 Å². The van der Waals surface area contributed by atoms with E-state index >= 15 is 0 Å². The molecule has 0 aliphatic carbocycles. The second-order valence-corrected chi connectivity index (χ2v) is 6.32. The molecule has 1 atom stereocenters. The van der Waals surface area contributed by atoms with Crippen LogP contribution in [0.2, 0.25) is 0 Å². The molecule has 0 amide bonds. The van der Waals surface area contributed by atoms with E-state index in [0.717, 1.165) is 29.1 Å². The summed E-state index contributed by atoms with van der Waals surface area (Å²) >= 11 is 5.25. The zero-order chi connectivity index (χ0) is 14.4. The highest BCUT2D eigenvalue weighted by Gasteiger charge is 2.08. The Hall–Kier alpha value is -1.04. The molecule has 1 heterocycles. The van der Waals surface area contributed by atoms with Crippen LogP contribution in [0.25, 0.3) is 0 Å². The smallest absolute Gasteiger partial charge is 0.134 e. The summed E-state index contributed by atoms with van der Waals surface area (Å²) in [5.41, 5.74) is 0. The Balaban J connectivity index is 1.80. The first-order chi connectivity index (χ1) is 9.69. The lowest BCUT2D eigenvalue weighted by Gasteiger charge is -2.16. The van der Waals surface area contributed by atoms with Crippen LogP contribution in [0.5, 0.6) is 11.5 Å². The summed E-state index contributed by atoms with van der Waals surface area (Å²) in [6, 6.07) is 9.91. The van der Waals surface area contributed by atoms with Gasteiger partial charge in [0.1, 0.15) is 17.6 Å². The molecule has 1 aromatic heterocycles. The van der Waals surface area contributed by atoms with Crippen LogP contribution in [0.4, 0.5) is 0 Å². The van der Waals surface area contributed by atoms with E-state index < -0.39 is 0 Å². The van der Waals surface area contributed by atoms with Gasteiger partial charge in [-0.3, -0.25) is 0 Å². The zero-order valence-corrected chi connectivity index (χ0v) is 14.0. The summed E-state index contributed by atoms with van der Waals surface area (Å²) in [7, 11) is 1.65. The first kappa shape index (κ1) is 15.4. The highest BCUT2D eigenvalue weighted by Crippen LogP contribution is 2.29. The Morgan fingerprint density at radius 1 is 1.35 bits per heavy atom. The lowest BCUT2D eigenvalue weighted by Crippen LogP contribution is -2.28. The van der Waals surface area contributed by atoms with Crippen LogP contribution in [-0.2, 0) is 6.54 Å². The van der Waals surface area contributed by atoms with Crippen LogP contribution < -0.4 is 14.8 Å². The van der Waals surface area contributed by atoms with Crippen LogP contribution in [0.1, 0.15) is 11.8 Å². The lowest BCUT2D eigenvalue weighted by molar-refractivity contribution is 0.215. The molecular formula is C15H18BrNO2S. The number of hydrogen-bond acceptors (Lipinski definition) is 4. The SMILES string of the molecule is COc1ccc(OC(C)CNCc2cccs2)c(Br)c1. The predicted molar refractivity (Wildman–Crippen MR) is 86.8 cm³/mol. The van der Waals surface area contributed by atoms with Crippen LogP contribution >= 0.6 is 27.3 Å². The minimum absolute atomic E-state index is 0.0969. The second kappa shape index (κ2) is 7.67. The molecule has 0 radical (unpaired) electrons. The molecule has 1 unspecified atom stereocenters. The average molecular weight is 356 g/mol. The zero-order valence-electron chi connectivity index (χ0n) is 11.6. The summed E-state index contributed by atoms with van der Waals surface area (Å²) < 4.78 is 12.0. The molecule has 0 fully saturated rings. The monoisotopic (exact) mass is 355 g/mol. The molecule has 1 N–H and O–H groups in total. The van der Waals surface area contributed by atoms with Crippen molar-refractivity contribution in [1.82, 2.24) is 5.32 Å². The van der Waals surface area contributed by atoms with Crippen LogP contribution in [0, 0.1) is 0 Å². The third-order valence-electron chi connectivity index (χ3n) is 2.78. The number of thiophene rings is 1. The molecule has 2 rings (SSSR count). The summed E-state index contributed by atoms with van der Waals surface area (Å²) in [5.74, 6) is 1.64. The van der Waals surface area contributed by atoms with Gasteiger partial charge in [-0.2, -0.15) is 0 Å². The van der Waals surface area contributed by atoms with Crippen LogP contribution in [-0.4, -0.2) is 19.8 Å². The summed E-state index contributed by atoms with van der Waals surface area (Å²) in [6.45, 7) is 3.74. The Kier molecular flexibility index (Phi) is 5.88. The predicted octanol–water partition coefficient (Wildman–Crippen LogP) is 4.08. The number of nitrogens with one attached hydrogen (secondary N) is 1. The van der Waals surface area contributed by atoms with Crippen molar-refractivity contribution in [3.8, 4) is 11.5 Å². The van der Waals surface area contributed by atoms with E-state index in [2.05, 4.69) is 45.7 Å². The number of hydrogen-bond donors (Lipinski definition) is 1. The Morgan fingerprint density at radius 2 is 2.20 bits per heavy atom. The number of ether oxygens (including phenoxy) is 2. The molecule has 2 aromatic rings. The summed E-state index contributed by atoms with van der Waals surface area (Å²) in [5, 5.41) is 5.48. The maximum absolute atomic E-state index is 5.90. The largest absolute Gasteiger partial charge is 0.497 e. The van der Waals surface area contributed by atoms with Gasteiger partial charge >= 0.3 is 0 Å². The van der Waals surface area contributed by atoms with E-state index in [0.29, 0.717) is 0 Å². The van der Waals surface area contributed by atoms with Crippen molar-refractivity contribution in [2.24, 2.45) is 0 Å². The number of benzene rings is 1. The van der Waals surface area contributed by atoms with Crippen molar-refractivity contribution >= 4 is 27.3 Å². The molecule has 20 heavy (non-hydrogen) atoms. The molecule has 108 valence electrons. The van der Waals surface area contributed by atoms with Crippen molar-refractivity contribution in [2.75, 3.05) is 13.7 Å². The van der Waals surface area contributed by atoms with Crippen molar-refractivity contribution in [2.45, 2.75) is 19.6 Å². The van der Waals surface area contributed by atoms with Gasteiger partial charge in [-0.05, 0) is 52.5 Å². The molecule has 5 heteroatoms. The molecule has 0 saturated carbocycles. The Morgan fingerprint density at radius 3 is 2.85 bits per heavy atom. The molecule has 0 aliphatic rings. The standard InChI is InChI=1S/C15H18BrNO2S/c1-11(9-17-10-13-4-3-7-20-13)19-15-6-5-12(18-2)8-14(15)16/h3-8,11,17H,9-10H2,1-2H3. The fourth-order valence-corrected chi connectivity index (χ4v) is 2.90. The van der Waals surface area contributed by atoms with Gasteiger partial charge in [0.2, 0.25) is 0 Å². The molecule has 1 aromatic carbocycles. The second-order valence-electron chi connectivity index (χ2n) is 4.44. The van der Waals surface area contributed by atoms with E-state index in [4.69, 9.17) is 9.47 Å². The van der Waals surface area contributed by atoms with Crippen molar-refractivity contribution in [1.29, 1.82) is 0 Å². The molecule has 0 spiro atoms. The van der Waals surface area contributed by atoms with Gasteiger partial charge in [0, 0.05) is 18.0 Å². The Labute approximate surface area is 132 Å². The van der Waals surface area contributed by atoms with Crippen molar-refractivity contribution < 1.29 is 9.47 Å². The minimum atomic E-state index is 0.0969. The first-order valence-electron chi connectivity index (χ1n) is 6.42. The highest BCUT2D eigenvalue weighted by molar-refractivity contribution is 9.10. The molecule has 0 saturated heterocycles. The van der Waals surface area contributed by atoms with Gasteiger partial charge in [-0.25, -0.2) is 0 Å². The number of methoxy groups -OCH3 is 1. The van der Waals surface area contributed by atoms with Gasteiger partial charge < -0.3 is 14.8 Å². The van der Waals surface area contributed by atoms with Gasteiger partial charge in [-0.1, -0.05) is 6.07 Å². The van der Waals surface area contributed by atoms with Crippen LogP contribution in [0.3, 0.4) is 0 Å². The topological polar surface area (TPSA) is 30.5 Å². The minimum Gasteiger partial charge on any atom is -0.497 e. The third kappa shape index (κ3) is 4.51. The van der Waals surface area contributed by atoms with Gasteiger partial charge in [-0.15, -0.1) is 11.3 Å². The Bertz CT molecular complexity index is 531.